The highest BCUT2D eigenvalue weighted by Gasteiger charge is 2.23. The Kier molecular flexibility index (Phi) is 22.6. The molecule has 0 aliphatic carbocycles. The Morgan fingerprint density at radius 1 is 0.769 bits per heavy atom. The summed E-state index contributed by atoms with van der Waals surface area (Å²) in [4.78, 5) is 21.6. The van der Waals surface area contributed by atoms with Gasteiger partial charge in [-0.15, -0.1) is 0 Å². The van der Waals surface area contributed by atoms with E-state index in [1.165, 1.54) is 0 Å². The Balaban J connectivity index is 3.80. The zero-order valence-electron chi connectivity index (χ0n) is 24.9. The number of phosphoric acid groups is 1. The van der Waals surface area contributed by atoms with Gasteiger partial charge in [0.1, 0.15) is 13.2 Å². The number of hydrogen-bond acceptors (Lipinski definition) is 5. The molecule has 0 aromatic heterocycles. The van der Waals surface area contributed by atoms with Crippen LogP contribution in [0, 0.1) is 5.92 Å². The average Bonchev–Trinajstić information content (AvgIpc) is 2.86. The van der Waals surface area contributed by atoms with Crippen LogP contribution in [0.15, 0.2) is 72.9 Å². The van der Waals surface area contributed by atoms with Crippen molar-refractivity contribution in [3.8, 4) is 0 Å². The van der Waals surface area contributed by atoms with E-state index in [0.29, 0.717) is 23.9 Å². The lowest BCUT2D eigenvalue weighted by atomic mass is 10.2. The number of carbonyl (C=O) groups excluding carboxylic acids is 1. The first kappa shape index (κ1) is 37.0. The van der Waals surface area contributed by atoms with Crippen LogP contribution in [0.25, 0.3) is 0 Å². The van der Waals surface area contributed by atoms with Gasteiger partial charge in [-0.3, -0.25) is 13.8 Å². The second-order valence-corrected chi connectivity index (χ2v) is 11.8. The predicted molar refractivity (Wildman–Crippen MR) is 162 cm³/mol. The number of quaternary nitrogens is 1. The van der Waals surface area contributed by atoms with Crippen molar-refractivity contribution in [2.45, 2.75) is 65.2 Å². The van der Waals surface area contributed by atoms with Gasteiger partial charge in [0.25, 0.3) is 0 Å². The number of likely N-dealkylation sites (N-methyl/N-ethyl adjacent to an activating group) is 1. The van der Waals surface area contributed by atoms with E-state index in [-0.39, 0.29) is 31.7 Å². The number of esters is 1. The van der Waals surface area contributed by atoms with Gasteiger partial charge in [-0.1, -0.05) is 86.8 Å². The zero-order chi connectivity index (χ0) is 29.2. The number of hydrogen-bond donors (Lipinski definition) is 1. The minimum Gasteiger partial charge on any atom is -0.465 e. The smallest absolute Gasteiger partial charge is 0.465 e. The van der Waals surface area contributed by atoms with E-state index in [1.54, 1.807) is 6.92 Å². The first-order valence-corrected chi connectivity index (χ1v) is 15.5. The van der Waals surface area contributed by atoms with Crippen molar-refractivity contribution in [2.75, 3.05) is 47.5 Å². The van der Waals surface area contributed by atoms with Crippen molar-refractivity contribution in [3.05, 3.63) is 72.9 Å². The fourth-order valence-electron chi connectivity index (χ4n) is 2.89. The molecule has 0 aliphatic heterocycles. The number of rotatable bonds is 23. The molecule has 0 amide bonds. The molecule has 0 aliphatic rings. The summed E-state index contributed by atoms with van der Waals surface area (Å²) >= 11 is 0. The molecule has 0 fully saturated rings. The SMILES string of the molecule is CCC=CCC=CCC=CCC=CCC=CCC=CCCC(=O)OCC(C)COP(=O)(O)OCC[N+](C)(C)C. The molecular weight excluding hydrogens is 513 g/mol. The molecule has 0 spiro atoms. The van der Waals surface area contributed by atoms with Gasteiger partial charge >= 0.3 is 13.8 Å². The van der Waals surface area contributed by atoms with Gasteiger partial charge in [0, 0.05) is 12.3 Å². The predicted octanol–water partition coefficient (Wildman–Crippen LogP) is 7.48. The standard InChI is InChI=1S/C31H52NO6P/c1-6-7-8-9-10-11-12-13-14-15-16-17-18-19-20-21-22-23-24-25-31(33)36-28-30(2)29-38-39(34,35)37-27-26-32(3,4)5/h7-8,10-11,13-14,16-17,19-20,22-23,30H,6,9,12,15,18,21,24-29H2,1-5H3/p+1. The quantitative estimate of drug-likeness (QED) is 0.0597. The summed E-state index contributed by atoms with van der Waals surface area (Å²) in [6.07, 6.45) is 32.4. The number of allylic oxidation sites excluding steroid dienone is 12. The maximum Gasteiger partial charge on any atom is 0.472 e. The Hall–Kier alpha value is -2.02. The number of carbonyl (C=O) groups is 1. The van der Waals surface area contributed by atoms with Gasteiger partial charge in [0.05, 0.1) is 34.4 Å². The van der Waals surface area contributed by atoms with E-state index >= 15 is 0 Å². The lowest BCUT2D eigenvalue weighted by Crippen LogP contribution is -2.37. The molecule has 39 heavy (non-hydrogen) atoms. The fraction of sp³-hybridized carbons (Fsp3) is 0.581. The Morgan fingerprint density at radius 2 is 1.23 bits per heavy atom. The van der Waals surface area contributed by atoms with Crippen molar-refractivity contribution in [1.29, 1.82) is 0 Å². The largest absolute Gasteiger partial charge is 0.472 e. The summed E-state index contributed by atoms with van der Waals surface area (Å²) in [6, 6.07) is 0. The molecule has 222 valence electrons. The molecule has 1 N–H and O–H groups in total. The van der Waals surface area contributed by atoms with Crippen molar-refractivity contribution >= 4 is 13.8 Å². The minimum absolute atomic E-state index is 0.0292. The van der Waals surface area contributed by atoms with Gasteiger partial charge in [0.15, 0.2) is 0 Å². The monoisotopic (exact) mass is 566 g/mol. The Labute approximate surface area is 237 Å². The molecular formula is C31H53NO6P+. The van der Waals surface area contributed by atoms with Crippen LogP contribution in [0.3, 0.4) is 0 Å². The van der Waals surface area contributed by atoms with E-state index in [2.05, 4.69) is 67.7 Å². The molecule has 0 saturated carbocycles. The lowest BCUT2D eigenvalue weighted by molar-refractivity contribution is -0.870. The molecule has 0 saturated heterocycles. The minimum atomic E-state index is -4.10. The molecule has 0 aromatic rings. The first-order chi connectivity index (χ1) is 18.6. The van der Waals surface area contributed by atoms with Crippen LogP contribution in [-0.4, -0.2) is 62.9 Å². The molecule has 2 atom stereocenters. The molecule has 7 nitrogen and oxygen atoms in total. The third kappa shape index (κ3) is 28.8. The van der Waals surface area contributed by atoms with Crippen molar-refractivity contribution in [3.63, 3.8) is 0 Å². The summed E-state index contributed by atoms with van der Waals surface area (Å²) in [6.45, 7) is 4.72. The van der Waals surface area contributed by atoms with E-state index in [4.69, 9.17) is 13.8 Å². The summed E-state index contributed by atoms with van der Waals surface area (Å²) in [5.74, 6) is -0.518. The highest BCUT2D eigenvalue weighted by molar-refractivity contribution is 7.47. The van der Waals surface area contributed by atoms with Gasteiger partial charge in [-0.25, -0.2) is 4.57 Å². The van der Waals surface area contributed by atoms with Crippen LogP contribution in [0.1, 0.15) is 65.2 Å². The Bertz CT molecular complexity index is 852. The van der Waals surface area contributed by atoms with Crippen molar-refractivity contribution in [1.82, 2.24) is 0 Å². The van der Waals surface area contributed by atoms with Gasteiger partial charge in [0.2, 0.25) is 0 Å². The molecule has 0 radical (unpaired) electrons. The van der Waals surface area contributed by atoms with Gasteiger partial charge in [-0.05, 0) is 44.9 Å². The van der Waals surface area contributed by atoms with Gasteiger partial charge < -0.3 is 14.1 Å². The summed E-state index contributed by atoms with van der Waals surface area (Å²) in [7, 11) is 1.79. The van der Waals surface area contributed by atoms with E-state index in [1.807, 2.05) is 33.3 Å². The number of ether oxygens (including phenoxy) is 1. The van der Waals surface area contributed by atoms with E-state index < -0.39 is 7.82 Å². The second-order valence-electron chi connectivity index (χ2n) is 10.4. The third-order valence-electron chi connectivity index (χ3n) is 5.18. The third-order valence-corrected chi connectivity index (χ3v) is 6.16. The molecule has 2 unspecified atom stereocenters. The maximum atomic E-state index is 11.9. The fourth-order valence-corrected chi connectivity index (χ4v) is 3.71. The molecule has 0 aromatic carbocycles. The van der Waals surface area contributed by atoms with Crippen LogP contribution < -0.4 is 0 Å². The molecule has 8 heteroatoms. The zero-order valence-corrected chi connectivity index (χ0v) is 25.8. The van der Waals surface area contributed by atoms with Crippen LogP contribution in [0.4, 0.5) is 0 Å². The highest BCUT2D eigenvalue weighted by Crippen LogP contribution is 2.43. The number of nitrogens with zero attached hydrogens (tertiary/aromatic N) is 1. The van der Waals surface area contributed by atoms with Crippen LogP contribution in [0.5, 0.6) is 0 Å². The van der Waals surface area contributed by atoms with E-state index in [0.717, 1.165) is 38.5 Å². The van der Waals surface area contributed by atoms with Gasteiger partial charge in [-0.2, -0.15) is 0 Å². The molecule has 0 bridgehead atoms. The summed E-state index contributed by atoms with van der Waals surface area (Å²) in [5.41, 5.74) is 0. The Morgan fingerprint density at radius 3 is 1.69 bits per heavy atom. The lowest BCUT2D eigenvalue weighted by Gasteiger charge is -2.24. The van der Waals surface area contributed by atoms with Crippen molar-refractivity contribution in [2.24, 2.45) is 5.92 Å². The topological polar surface area (TPSA) is 82.1 Å². The summed E-state index contributed by atoms with van der Waals surface area (Å²) < 4.78 is 27.7. The normalized spacial score (nSPS) is 15.5. The number of phosphoric ester groups is 1. The van der Waals surface area contributed by atoms with Crippen LogP contribution in [-0.2, 0) is 23.1 Å². The van der Waals surface area contributed by atoms with E-state index in [9.17, 15) is 14.3 Å². The highest BCUT2D eigenvalue weighted by atomic mass is 31.2. The van der Waals surface area contributed by atoms with Crippen LogP contribution in [0.2, 0.25) is 0 Å². The first-order valence-electron chi connectivity index (χ1n) is 14.0. The van der Waals surface area contributed by atoms with Crippen LogP contribution >= 0.6 is 7.82 Å². The second kappa shape index (κ2) is 23.8. The van der Waals surface area contributed by atoms with Crippen molar-refractivity contribution < 1.29 is 32.5 Å². The summed E-state index contributed by atoms with van der Waals surface area (Å²) in [5, 5.41) is 0. The molecule has 0 rings (SSSR count). The average molecular weight is 567 g/mol. The maximum absolute atomic E-state index is 11.9. The molecule has 0 heterocycles.